The lowest BCUT2D eigenvalue weighted by atomic mass is 9.91. The van der Waals surface area contributed by atoms with E-state index in [9.17, 15) is 43.8 Å². The number of amides is 10. The summed E-state index contributed by atoms with van der Waals surface area (Å²) < 4.78 is 0. The lowest BCUT2D eigenvalue weighted by molar-refractivity contribution is -0.157. The third-order valence-electron chi connectivity index (χ3n) is 17.5. The van der Waals surface area contributed by atoms with Gasteiger partial charge in [0.2, 0.25) is 59.1 Å². The van der Waals surface area contributed by atoms with Crippen molar-refractivity contribution in [1.29, 1.82) is 0 Å². The van der Waals surface area contributed by atoms with E-state index in [0.717, 1.165) is 15.4 Å². The van der Waals surface area contributed by atoms with E-state index < -0.39 is 138 Å². The molecule has 0 spiro atoms. The molecule has 23 heteroatoms. The molecule has 1 aromatic rings. The van der Waals surface area contributed by atoms with Crippen molar-refractivity contribution in [3.05, 3.63) is 48.0 Å². The molecule has 0 aromatic heterocycles. The highest BCUT2D eigenvalue weighted by Crippen LogP contribution is 2.26. The molecule has 0 radical (unpaired) electrons. The molecule has 13 atom stereocenters. The maximum atomic E-state index is 15.2. The fourth-order valence-corrected chi connectivity index (χ4v) is 11.3. The van der Waals surface area contributed by atoms with Crippen LogP contribution >= 0.6 is 0 Å². The van der Waals surface area contributed by atoms with Gasteiger partial charge in [0.15, 0.2) is 0 Å². The molecule has 23 nitrogen and oxygen atoms in total. The maximum Gasteiger partial charge on any atom is 0.246 e. The molecular formula is C69H121N11O12. The highest BCUT2D eigenvalue weighted by molar-refractivity contribution is 5.98. The van der Waals surface area contributed by atoms with Crippen molar-refractivity contribution in [2.24, 2.45) is 53.1 Å². The summed E-state index contributed by atoms with van der Waals surface area (Å²) in [5.74, 6) is -7.70. The van der Waals surface area contributed by atoms with E-state index in [-0.39, 0.29) is 73.5 Å². The fraction of sp³-hybridized carbons (Fsp3) is 0.739. The Morgan fingerprint density at radius 2 is 0.957 bits per heavy atom. The zero-order valence-corrected chi connectivity index (χ0v) is 60.4. The number of aliphatic hydroxyl groups excluding tert-OH is 2. The van der Waals surface area contributed by atoms with E-state index in [1.807, 2.05) is 113 Å². The Labute approximate surface area is 551 Å². The first-order valence-electron chi connectivity index (χ1n) is 33.1. The second-order valence-electron chi connectivity index (χ2n) is 28.0. The predicted octanol–water partition coefficient (Wildman–Crippen LogP) is 4.91. The van der Waals surface area contributed by atoms with Gasteiger partial charge in [0.1, 0.15) is 54.6 Å². The summed E-state index contributed by atoms with van der Waals surface area (Å²) in [7, 11) is 10.2. The molecule has 0 heterocycles. The lowest BCUT2D eigenvalue weighted by Crippen LogP contribution is -2.63. The van der Waals surface area contributed by atoms with Crippen molar-refractivity contribution in [2.75, 3.05) is 55.9 Å². The number of rotatable bonds is 38. The van der Waals surface area contributed by atoms with Crippen molar-refractivity contribution in [1.82, 2.24) is 50.2 Å². The van der Waals surface area contributed by atoms with Crippen LogP contribution in [0.2, 0.25) is 0 Å². The van der Waals surface area contributed by atoms with Gasteiger partial charge in [-0.05, 0) is 106 Å². The van der Waals surface area contributed by atoms with Gasteiger partial charge in [-0.25, -0.2) is 0 Å². The Bertz CT molecular complexity index is 2580. The summed E-state index contributed by atoms with van der Waals surface area (Å²) in [5, 5.41) is 31.0. The number of carbonyl (C=O) groups excluding carboxylic acids is 10. The first kappa shape index (κ1) is 83.6. The number of nitrogens with one attached hydrogen (secondary N) is 3. The second kappa shape index (κ2) is 39.3. The molecule has 0 aliphatic rings. The number of nitrogens with two attached hydrogens (primary N) is 1. The van der Waals surface area contributed by atoms with Crippen LogP contribution in [0, 0.1) is 47.3 Å². The predicted molar refractivity (Wildman–Crippen MR) is 360 cm³/mol. The molecule has 0 aliphatic heterocycles. The average molecular weight is 1300 g/mol. The Hall–Kier alpha value is -6.46. The van der Waals surface area contributed by atoms with Crippen LogP contribution in [0.3, 0.4) is 0 Å². The summed E-state index contributed by atoms with van der Waals surface area (Å²) in [5.41, 5.74) is 6.76. The van der Waals surface area contributed by atoms with Gasteiger partial charge in [-0.2, -0.15) is 0 Å². The molecule has 7 N–H and O–H groups in total. The highest BCUT2D eigenvalue weighted by Gasteiger charge is 2.45. The monoisotopic (exact) mass is 1300 g/mol. The minimum Gasteiger partial charge on any atom is -0.390 e. The van der Waals surface area contributed by atoms with E-state index in [1.165, 1.54) is 73.7 Å². The van der Waals surface area contributed by atoms with Gasteiger partial charge in [0.05, 0.1) is 18.7 Å². The van der Waals surface area contributed by atoms with Crippen LogP contribution < -0.4 is 21.7 Å². The Morgan fingerprint density at radius 1 is 0.500 bits per heavy atom. The normalized spacial score (nSPS) is 16.1. The largest absolute Gasteiger partial charge is 0.390 e. The van der Waals surface area contributed by atoms with Gasteiger partial charge in [0, 0.05) is 55.3 Å². The van der Waals surface area contributed by atoms with Crippen LogP contribution in [-0.4, -0.2) is 226 Å². The molecule has 2 unspecified atom stereocenters. The highest BCUT2D eigenvalue weighted by atomic mass is 16.3. The molecule has 0 saturated carbocycles. The fourth-order valence-electron chi connectivity index (χ4n) is 11.3. The molecule has 1 rings (SSSR count). The van der Waals surface area contributed by atoms with Gasteiger partial charge in [-0.3, -0.25) is 47.9 Å². The number of carbonyl (C=O) groups is 10. The Balaban J connectivity index is 3.69. The zero-order chi connectivity index (χ0) is 71.1. The Kier molecular flexibility index (Phi) is 35.7. The minimum absolute atomic E-state index is 0.0327. The summed E-state index contributed by atoms with van der Waals surface area (Å²) in [6.07, 6.45) is 2.19. The molecule has 0 aliphatic carbocycles. The number of allylic oxidation sites excluding steroid dienone is 2. The zero-order valence-electron chi connectivity index (χ0n) is 60.4. The summed E-state index contributed by atoms with van der Waals surface area (Å²) in [6.45, 7) is 30.6. The molecule has 0 bridgehead atoms. The van der Waals surface area contributed by atoms with Crippen molar-refractivity contribution in [3.63, 3.8) is 0 Å². The molecule has 10 amide bonds. The van der Waals surface area contributed by atoms with Crippen LogP contribution in [0.15, 0.2) is 42.5 Å². The van der Waals surface area contributed by atoms with Crippen molar-refractivity contribution < 1.29 is 58.2 Å². The van der Waals surface area contributed by atoms with Crippen molar-refractivity contribution >= 4 is 59.1 Å². The topological polar surface area (TPSA) is 296 Å². The second-order valence-corrected chi connectivity index (χ2v) is 28.0. The smallest absolute Gasteiger partial charge is 0.246 e. The van der Waals surface area contributed by atoms with Crippen LogP contribution in [-0.2, 0) is 54.4 Å². The van der Waals surface area contributed by atoms with Gasteiger partial charge >= 0.3 is 0 Å². The number of hydrogen-bond acceptors (Lipinski definition) is 13. The van der Waals surface area contributed by atoms with E-state index in [4.69, 9.17) is 5.73 Å². The number of benzene rings is 1. The number of likely N-dealkylation sites (N-methyl/N-ethyl adjacent to an activating group) is 7. The third-order valence-corrected chi connectivity index (χ3v) is 17.5. The minimum atomic E-state index is -1.60. The number of aliphatic hydroxyl groups is 2. The van der Waals surface area contributed by atoms with Crippen molar-refractivity contribution in [3.8, 4) is 0 Å². The molecule has 524 valence electrons. The van der Waals surface area contributed by atoms with Gasteiger partial charge in [-0.15, -0.1) is 0 Å². The van der Waals surface area contributed by atoms with E-state index in [1.54, 1.807) is 47.7 Å². The van der Waals surface area contributed by atoms with Gasteiger partial charge in [0.25, 0.3) is 0 Å². The quantitative estimate of drug-likeness (QED) is 0.0380. The molecule has 0 saturated heterocycles. The number of nitrogens with zero attached hydrogens (tertiary/aromatic N) is 7. The third kappa shape index (κ3) is 24.8. The maximum absolute atomic E-state index is 15.2. The molecule has 0 fully saturated rings. The van der Waals surface area contributed by atoms with Crippen molar-refractivity contribution in [2.45, 2.75) is 229 Å². The van der Waals surface area contributed by atoms with Crippen LogP contribution in [0.1, 0.15) is 162 Å². The molecule has 1 aromatic carbocycles. The summed E-state index contributed by atoms with van der Waals surface area (Å²) >= 11 is 0. The lowest BCUT2D eigenvalue weighted by Gasteiger charge is -2.41. The summed E-state index contributed by atoms with van der Waals surface area (Å²) in [6, 6.07) is -1.17. The first-order valence-corrected chi connectivity index (χ1v) is 33.1. The van der Waals surface area contributed by atoms with Crippen LogP contribution in [0.5, 0.6) is 0 Å². The van der Waals surface area contributed by atoms with Crippen LogP contribution in [0.25, 0.3) is 0 Å². The average Bonchev–Trinajstić information content (AvgIpc) is 0.940. The van der Waals surface area contributed by atoms with Gasteiger partial charge in [-0.1, -0.05) is 146 Å². The van der Waals surface area contributed by atoms with E-state index >= 15 is 14.4 Å². The Morgan fingerprint density at radius 3 is 1.41 bits per heavy atom. The van der Waals surface area contributed by atoms with Crippen LogP contribution in [0.4, 0.5) is 0 Å². The van der Waals surface area contributed by atoms with Gasteiger partial charge < -0.3 is 66.2 Å². The molecular weight excluding hydrogens is 1170 g/mol. The van der Waals surface area contributed by atoms with E-state index in [2.05, 4.69) is 16.0 Å². The standard InChI is InChI=1S/C69H121N11O12/c1-25-27-31-46(15)59(82)58(63(86)72-50(26-2)66(89)74(18)39-56(81)75(19)52(60(70)83)38-49-32-29-28-30-33-49)80(24)69(92)57(45(13)14)79(23)68(91)55(37-43(9)10)78(22)67(90)54(36-42(7)8)77(21)65(88)48(17)71-61(84)51(34-40(3)4)73-62(85)53(35-41(5)6)76(20)64(87)47(16)44(11)12/h25,27-30,32-33,40-48,50-55,57-60,82-83H,26,31,34-39,70H2,1-24H3,(H,71,84)(H,72,86)(H,73,85)/b27-25+/t46-,47-,48+,50-,51-,52+,53+,54-,55-,57-,58?,59+,60?/m1/s1. The number of hydrogen-bond donors (Lipinski definition) is 6. The summed E-state index contributed by atoms with van der Waals surface area (Å²) in [4.78, 5) is 153. The first-order chi connectivity index (χ1) is 42.6. The van der Waals surface area contributed by atoms with E-state index in [0.29, 0.717) is 12.8 Å². The molecule has 92 heavy (non-hydrogen) atoms. The SMILES string of the molecule is C/C=C/C[C@@H](C)[C@H](O)C(C(=O)N[C@H](CC)C(=O)N(C)CC(=O)N(C)[C@@H](Cc1ccccc1)C(N)O)N(C)C(=O)[C@@H](C(C)C)N(C)C(=O)[C@@H](CC(C)C)N(C)C(=O)[C@@H](CC(C)C)N(C)C(=O)[C@H](C)NC(=O)[C@@H](CC(C)C)NC(=O)[C@H](CC(C)C)N(C)C(=O)[C@H](C)C(C)C.